The molecule has 1 aromatic carbocycles. The van der Waals surface area contributed by atoms with Crippen LogP contribution in [0.1, 0.15) is 42.7 Å². The molecule has 2 heterocycles. The van der Waals surface area contributed by atoms with Gasteiger partial charge in [-0.2, -0.15) is 4.31 Å². The van der Waals surface area contributed by atoms with Gasteiger partial charge in [-0.1, -0.05) is 33.2 Å². The molecule has 1 aliphatic carbocycles. The molecular weight excluding hydrogens is 458 g/mol. The number of amides is 1. The predicted octanol–water partition coefficient (Wildman–Crippen LogP) is 3.26. The molecule has 4 rings (SSSR count). The number of nitrogens with one attached hydrogen (secondary N) is 1. The maximum Gasteiger partial charge on any atom is 0.248 e. The lowest BCUT2D eigenvalue weighted by Crippen LogP contribution is -2.45. The van der Waals surface area contributed by atoms with Crippen LogP contribution in [0.2, 0.25) is 0 Å². The van der Waals surface area contributed by atoms with Crippen molar-refractivity contribution in [2.75, 3.05) is 13.1 Å². The van der Waals surface area contributed by atoms with Crippen molar-refractivity contribution in [3.05, 3.63) is 45.8 Å². The van der Waals surface area contributed by atoms with Gasteiger partial charge >= 0.3 is 0 Å². The van der Waals surface area contributed by atoms with E-state index in [1.54, 1.807) is 13.8 Å². The topological polar surface area (TPSA) is 92.5 Å². The van der Waals surface area contributed by atoms with Crippen molar-refractivity contribution in [1.82, 2.24) is 14.8 Å². The van der Waals surface area contributed by atoms with E-state index in [-0.39, 0.29) is 22.3 Å². The van der Waals surface area contributed by atoms with Crippen LogP contribution in [0.3, 0.4) is 0 Å². The monoisotopic (exact) mass is 481 g/mol. The Morgan fingerprint density at radius 3 is 2.34 bits per heavy atom. The molecule has 2 aliphatic rings. The Kier molecular flexibility index (Phi) is 5.33. The average Bonchev–Trinajstić information content (AvgIpc) is 3.39. The second-order valence-corrected chi connectivity index (χ2v) is 10.7. The molecule has 1 amide bonds. The molecule has 1 aliphatic heterocycles. The van der Waals surface area contributed by atoms with Crippen molar-refractivity contribution >= 4 is 31.9 Å². The standard InChI is InChI=1S/C20H24BrN3O4S/c1-13-18(14(2)28-23-13)29(26,27)24-11-7-15(8-12-24)19(25)22-20(9-10-20)16-3-5-17(21)6-4-16/h3-6,15H,7-12H2,1-2H3,(H,22,25). The first kappa shape index (κ1) is 20.6. The lowest BCUT2D eigenvalue weighted by Gasteiger charge is -2.31. The minimum absolute atomic E-state index is 0.0137. The maximum absolute atomic E-state index is 12.9. The van der Waals surface area contributed by atoms with E-state index in [0.717, 1.165) is 22.9 Å². The molecular formula is C20H24BrN3O4S. The second-order valence-electron chi connectivity index (χ2n) is 7.91. The molecule has 1 saturated carbocycles. The number of benzene rings is 1. The molecule has 1 N–H and O–H groups in total. The van der Waals surface area contributed by atoms with E-state index < -0.39 is 10.0 Å². The first-order valence-electron chi connectivity index (χ1n) is 9.74. The van der Waals surface area contributed by atoms with Crippen LogP contribution in [0.4, 0.5) is 0 Å². The molecule has 0 spiro atoms. The Morgan fingerprint density at radius 2 is 1.83 bits per heavy atom. The van der Waals surface area contributed by atoms with E-state index in [2.05, 4.69) is 26.4 Å². The van der Waals surface area contributed by atoms with E-state index in [1.807, 2.05) is 24.3 Å². The third-order valence-corrected chi connectivity index (χ3v) is 8.57. The molecule has 2 aromatic rings. The van der Waals surface area contributed by atoms with Crippen LogP contribution in [0.5, 0.6) is 0 Å². The number of nitrogens with zero attached hydrogens (tertiary/aromatic N) is 2. The summed E-state index contributed by atoms with van der Waals surface area (Å²) in [5, 5.41) is 6.98. The van der Waals surface area contributed by atoms with Gasteiger partial charge < -0.3 is 9.84 Å². The fourth-order valence-electron chi connectivity index (χ4n) is 4.05. The van der Waals surface area contributed by atoms with Crippen LogP contribution in [0.25, 0.3) is 0 Å². The van der Waals surface area contributed by atoms with E-state index in [9.17, 15) is 13.2 Å². The number of carbonyl (C=O) groups is 1. The van der Waals surface area contributed by atoms with Crippen LogP contribution in [-0.4, -0.2) is 36.9 Å². The van der Waals surface area contributed by atoms with Gasteiger partial charge in [0.1, 0.15) is 10.6 Å². The number of carbonyl (C=O) groups excluding carboxylic acids is 1. The minimum Gasteiger partial charge on any atom is -0.360 e. The average molecular weight is 482 g/mol. The Morgan fingerprint density at radius 1 is 1.21 bits per heavy atom. The van der Waals surface area contributed by atoms with Gasteiger partial charge in [-0.3, -0.25) is 4.79 Å². The summed E-state index contributed by atoms with van der Waals surface area (Å²) in [5.74, 6) is 0.131. The van der Waals surface area contributed by atoms with Crippen LogP contribution in [-0.2, 0) is 20.4 Å². The van der Waals surface area contributed by atoms with Gasteiger partial charge in [-0.15, -0.1) is 0 Å². The summed E-state index contributed by atoms with van der Waals surface area (Å²) in [7, 11) is -3.66. The quantitative estimate of drug-likeness (QED) is 0.707. The van der Waals surface area contributed by atoms with E-state index in [0.29, 0.717) is 37.4 Å². The number of hydrogen-bond acceptors (Lipinski definition) is 5. The third kappa shape index (κ3) is 3.87. The number of sulfonamides is 1. The van der Waals surface area contributed by atoms with Gasteiger partial charge in [0.25, 0.3) is 0 Å². The molecule has 0 atom stereocenters. The summed E-state index contributed by atoms with van der Waals surface area (Å²) < 4.78 is 33.3. The summed E-state index contributed by atoms with van der Waals surface area (Å²) in [4.78, 5) is 13.0. The van der Waals surface area contributed by atoms with Crippen molar-refractivity contribution in [2.45, 2.75) is 50.0 Å². The van der Waals surface area contributed by atoms with Gasteiger partial charge in [0, 0.05) is 23.5 Å². The zero-order chi connectivity index (χ0) is 20.8. The highest BCUT2D eigenvalue weighted by atomic mass is 79.9. The number of halogens is 1. The van der Waals surface area contributed by atoms with Gasteiger partial charge in [-0.25, -0.2) is 8.42 Å². The van der Waals surface area contributed by atoms with E-state index in [1.165, 1.54) is 4.31 Å². The summed E-state index contributed by atoms with van der Waals surface area (Å²) in [6.45, 7) is 3.86. The highest BCUT2D eigenvalue weighted by molar-refractivity contribution is 9.10. The van der Waals surface area contributed by atoms with E-state index >= 15 is 0 Å². The zero-order valence-corrected chi connectivity index (χ0v) is 18.8. The van der Waals surface area contributed by atoms with Crippen LogP contribution >= 0.6 is 15.9 Å². The smallest absolute Gasteiger partial charge is 0.248 e. The van der Waals surface area contributed by atoms with Gasteiger partial charge in [0.05, 0.1) is 5.54 Å². The molecule has 9 heteroatoms. The Hall–Kier alpha value is -1.71. The van der Waals surface area contributed by atoms with E-state index in [4.69, 9.17) is 4.52 Å². The number of rotatable bonds is 5. The highest BCUT2D eigenvalue weighted by Crippen LogP contribution is 2.46. The van der Waals surface area contributed by atoms with Crippen molar-refractivity contribution in [3.8, 4) is 0 Å². The molecule has 7 nitrogen and oxygen atoms in total. The lowest BCUT2D eigenvalue weighted by molar-refractivity contribution is -0.127. The summed E-state index contributed by atoms with van der Waals surface area (Å²) in [5.41, 5.74) is 1.22. The van der Waals surface area contributed by atoms with Crippen molar-refractivity contribution in [1.29, 1.82) is 0 Å². The van der Waals surface area contributed by atoms with Crippen LogP contribution in [0, 0.1) is 19.8 Å². The van der Waals surface area contributed by atoms with Crippen LogP contribution in [0.15, 0.2) is 38.2 Å². The molecule has 0 bridgehead atoms. The first-order valence-corrected chi connectivity index (χ1v) is 12.0. The number of aryl methyl sites for hydroxylation is 2. The minimum atomic E-state index is -3.66. The normalized spacial score (nSPS) is 19.8. The van der Waals surface area contributed by atoms with Crippen molar-refractivity contribution in [3.63, 3.8) is 0 Å². The number of piperidine rings is 1. The molecule has 29 heavy (non-hydrogen) atoms. The Bertz CT molecular complexity index is 1000. The number of aromatic nitrogens is 1. The molecule has 2 fully saturated rings. The fourth-order valence-corrected chi connectivity index (χ4v) is 6.07. The summed E-state index contributed by atoms with van der Waals surface area (Å²) >= 11 is 3.44. The Balaban J connectivity index is 1.40. The largest absolute Gasteiger partial charge is 0.360 e. The Labute approximate surface area is 179 Å². The molecule has 1 aromatic heterocycles. The zero-order valence-electron chi connectivity index (χ0n) is 16.4. The maximum atomic E-state index is 12.9. The first-order chi connectivity index (χ1) is 13.7. The SMILES string of the molecule is Cc1noc(C)c1S(=O)(=O)N1CCC(C(=O)NC2(c3ccc(Br)cc3)CC2)CC1. The highest BCUT2D eigenvalue weighted by Gasteiger charge is 2.47. The molecule has 1 saturated heterocycles. The van der Waals surface area contributed by atoms with Gasteiger partial charge in [0.2, 0.25) is 15.9 Å². The molecule has 0 radical (unpaired) electrons. The molecule has 0 unspecified atom stereocenters. The summed E-state index contributed by atoms with van der Waals surface area (Å²) in [6.07, 6.45) is 2.87. The predicted molar refractivity (Wildman–Crippen MR) is 111 cm³/mol. The summed E-state index contributed by atoms with van der Waals surface area (Å²) in [6, 6.07) is 8.05. The van der Waals surface area contributed by atoms with Gasteiger partial charge in [0.15, 0.2) is 5.76 Å². The number of hydrogen-bond donors (Lipinski definition) is 1. The fraction of sp³-hybridized carbons (Fsp3) is 0.500. The van der Waals surface area contributed by atoms with Crippen LogP contribution < -0.4 is 5.32 Å². The second kappa shape index (κ2) is 7.52. The third-order valence-electron chi connectivity index (χ3n) is 5.90. The van der Waals surface area contributed by atoms with Gasteiger partial charge in [-0.05, 0) is 57.2 Å². The van der Waals surface area contributed by atoms with Crippen molar-refractivity contribution < 1.29 is 17.7 Å². The lowest BCUT2D eigenvalue weighted by atomic mass is 9.95. The van der Waals surface area contributed by atoms with Crippen molar-refractivity contribution in [2.24, 2.45) is 5.92 Å². The molecule has 156 valence electrons.